The third-order valence-electron chi connectivity index (χ3n) is 2.69. The molecule has 0 rings (SSSR count). The molecule has 0 aromatic heterocycles. The second-order valence-corrected chi connectivity index (χ2v) is 4.19. The molecule has 0 aliphatic rings. The summed E-state index contributed by atoms with van der Waals surface area (Å²) in [7, 11) is 0. The number of hydrogen-bond acceptors (Lipinski definition) is 1. The SMILES string of the molecule is C=C(CC)CCNC(=C)CCCCCC. The van der Waals surface area contributed by atoms with E-state index in [-0.39, 0.29) is 0 Å². The van der Waals surface area contributed by atoms with Crippen LogP contribution in [0.15, 0.2) is 24.4 Å². The molecule has 0 aliphatic carbocycles. The zero-order valence-electron chi connectivity index (χ0n) is 10.6. The predicted molar refractivity (Wildman–Crippen MR) is 69.9 cm³/mol. The van der Waals surface area contributed by atoms with Crippen molar-refractivity contribution in [3.63, 3.8) is 0 Å². The Morgan fingerprint density at radius 2 is 1.73 bits per heavy atom. The Morgan fingerprint density at radius 3 is 2.33 bits per heavy atom. The Balaban J connectivity index is 3.29. The molecule has 0 bridgehead atoms. The molecule has 0 amide bonds. The Kier molecular flexibility index (Phi) is 9.35. The third-order valence-corrected chi connectivity index (χ3v) is 2.69. The molecular weight excluding hydrogens is 182 g/mol. The molecule has 0 spiro atoms. The summed E-state index contributed by atoms with van der Waals surface area (Å²) in [6.45, 7) is 13.4. The van der Waals surface area contributed by atoms with Crippen molar-refractivity contribution in [2.45, 2.75) is 58.8 Å². The van der Waals surface area contributed by atoms with Crippen molar-refractivity contribution in [1.29, 1.82) is 0 Å². The van der Waals surface area contributed by atoms with E-state index in [2.05, 4.69) is 32.3 Å². The summed E-state index contributed by atoms with van der Waals surface area (Å²) in [5.74, 6) is 0. The van der Waals surface area contributed by atoms with Gasteiger partial charge in [-0.3, -0.25) is 0 Å². The minimum Gasteiger partial charge on any atom is -0.388 e. The molecule has 15 heavy (non-hydrogen) atoms. The highest BCUT2D eigenvalue weighted by molar-refractivity contribution is 4.96. The molecule has 1 N–H and O–H groups in total. The summed E-state index contributed by atoms with van der Waals surface area (Å²) in [5.41, 5.74) is 2.51. The number of allylic oxidation sites excluding steroid dienone is 1. The molecule has 0 fully saturated rings. The summed E-state index contributed by atoms with van der Waals surface area (Å²) in [4.78, 5) is 0. The quantitative estimate of drug-likeness (QED) is 0.415. The minimum atomic E-state index is 0.999. The van der Waals surface area contributed by atoms with Crippen LogP contribution in [0.5, 0.6) is 0 Å². The summed E-state index contributed by atoms with van der Waals surface area (Å²) in [6, 6.07) is 0. The largest absolute Gasteiger partial charge is 0.388 e. The van der Waals surface area contributed by atoms with Crippen molar-refractivity contribution in [3.05, 3.63) is 24.4 Å². The highest BCUT2D eigenvalue weighted by atomic mass is 14.9. The van der Waals surface area contributed by atoms with Crippen LogP contribution in [0, 0.1) is 0 Å². The first kappa shape index (κ1) is 14.3. The minimum absolute atomic E-state index is 0.999. The zero-order chi connectivity index (χ0) is 11.5. The van der Waals surface area contributed by atoms with Crippen LogP contribution in [-0.4, -0.2) is 6.54 Å². The van der Waals surface area contributed by atoms with Crippen molar-refractivity contribution >= 4 is 0 Å². The van der Waals surface area contributed by atoms with Gasteiger partial charge in [0.05, 0.1) is 0 Å². The average molecular weight is 209 g/mol. The molecular formula is C14H27N. The Morgan fingerprint density at radius 1 is 1.00 bits per heavy atom. The lowest BCUT2D eigenvalue weighted by Crippen LogP contribution is -2.14. The van der Waals surface area contributed by atoms with E-state index >= 15 is 0 Å². The van der Waals surface area contributed by atoms with E-state index in [1.807, 2.05) is 0 Å². The van der Waals surface area contributed by atoms with Crippen LogP contribution in [0.2, 0.25) is 0 Å². The van der Waals surface area contributed by atoms with E-state index in [0.29, 0.717) is 0 Å². The molecule has 0 radical (unpaired) electrons. The van der Waals surface area contributed by atoms with Gasteiger partial charge in [-0.05, 0) is 25.7 Å². The second-order valence-electron chi connectivity index (χ2n) is 4.19. The molecule has 88 valence electrons. The average Bonchev–Trinajstić information content (AvgIpc) is 2.24. The van der Waals surface area contributed by atoms with Gasteiger partial charge in [-0.15, -0.1) is 0 Å². The number of hydrogen-bond donors (Lipinski definition) is 1. The maximum absolute atomic E-state index is 4.03. The van der Waals surface area contributed by atoms with Gasteiger partial charge in [0.15, 0.2) is 0 Å². The molecule has 0 aromatic carbocycles. The summed E-state index contributed by atoms with van der Waals surface area (Å²) < 4.78 is 0. The summed E-state index contributed by atoms with van der Waals surface area (Å²) in [6.07, 6.45) is 8.54. The molecule has 0 aliphatic heterocycles. The molecule has 0 saturated carbocycles. The lowest BCUT2D eigenvalue weighted by atomic mass is 10.1. The van der Waals surface area contributed by atoms with Crippen molar-refractivity contribution < 1.29 is 0 Å². The van der Waals surface area contributed by atoms with E-state index in [1.165, 1.54) is 37.0 Å². The number of rotatable bonds is 10. The van der Waals surface area contributed by atoms with Crippen LogP contribution in [0.4, 0.5) is 0 Å². The van der Waals surface area contributed by atoms with Gasteiger partial charge in [-0.25, -0.2) is 0 Å². The van der Waals surface area contributed by atoms with E-state index in [9.17, 15) is 0 Å². The van der Waals surface area contributed by atoms with Gasteiger partial charge in [-0.2, -0.15) is 0 Å². The molecule has 0 atom stereocenters. The van der Waals surface area contributed by atoms with E-state index in [4.69, 9.17) is 0 Å². The lowest BCUT2D eigenvalue weighted by Gasteiger charge is -2.09. The fourth-order valence-corrected chi connectivity index (χ4v) is 1.45. The predicted octanol–water partition coefficient (Wildman–Crippen LogP) is 4.42. The smallest absolute Gasteiger partial charge is 0.0180 e. The van der Waals surface area contributed by atoms with Gasteiger partial charge in [-0.1, -0.05) is 51.8 Å². The molecule has 0 unspecified atom stereocenters. The summed E-state index contributed by atoms with van der Waals surface area (Å²) >= 11 is 0. The van der Waals surface area contributed by atoms with Crippen LogP contribution in [0.1, 0.15) is 58.8 Å². The Labute approximate surface area is 95.7 Å². The standard InChI is InChI=1S/C14H27N/c1-5-7-8-9-10-14(4)15-12-11-13(3)6-2/h15H,3-12H2,1-2H3. The van der Waals surface area contributed by atoms with Crippen molar-refractivity contribution in [2.75, 3.05) is 6.54 Å². The maximum atomic E-state index is 4.03. The molecule has 0 saturated heterocycles. The monoisotopic (exact) mass is 209 g/mol. The third kappa shape index (κ3) is 9.58. The Bertz CT molecular complexity index is 182. The topological polar surface area (TPSA) is 12.0 Å². The van der Waals surface area contributed by atoms with Gasteiger partial charge in [0, 0.05) is 12.2 Å². The molecule has 0 heterocycles. The van der Waals surface area contributed by atoms with E-state index in [0.717, 1.165) is 25.8 Å². The molecule has 1 heteroatoms. The molecule has 1 nitrogen and oxygen atoms in total. The van der Waals surface area contributed by atoms with Crippen LogP contribution < -0.4 is 5.32 Å². The van der Waals surface area contributed by atoms with Gasteiger partial charge >= 0.3 is 0 Å². The van der Waals surface area contributed by atoms with Crippen LogP contribution in [0.3, 0.4) is 0 Å². The highest BCUT2D eigenvalue weighted by Crippen LogP contribution is 2.07. The van der Waals surface area contributed by atoms with Gasteiger partial charge < -0.3 is 5.32 Å². The van der Waals surface area contributed by atoms with E-state index in [1.54, 1.807) is 0 Å². The lowest BCUT2D eigenvalue weighted by molar-refractivity contribution is 0.636. The molecule has 0 aromatic rings. The fraction of sp³-hybridized carbons (Fsp3) is 0.714. The number of nitrogens with one attached hydrogen (secondary N) is 1. The van der Waals surface area contributed by atoms with Gasteiger partial charge in [0.25, 0.3) is 0 Å². The maximum Gasteiger partial charge on any atom is 0.0180 e. The highest BCUT2D eigenvalue weighted by Gasteiger charge is 1.95. The van der Waals surface area contributed by atoms with Crippen LogP contribution >= 0.6 is 0 Å². The normalized spacial score (nSPS) is 10.0. The number of unbranched alkanes of at least 4 members (excludes halogenated alkanes) is 3. The van der Waals surface area contributed by atoms with Crippen LogP contribution in [-0.2, 0) is 0 Å². The van der Waals surface area contributed by atoms with Gasteiger partial charge in [0.1, 0.15) is 0 Å². The van der Waals surface area contributed by atoms with Gasteiger partial charge in [0.2, 0.25) is 0 Å². The van der Waals surface area contributed by atoms with Crippen molar-refractivity contribution in [1.82, 2.24) is 5.32 Å². The first-order valence-electron chi connectivity index (χ1n) is 6.29. The zero-order valence-corrected chi connectivity index (χ0v) is 10.6. The van der Waals surface area contributed by atoms with E-state index < -0.39 is 0 Å². The van der Waals surface area contributed by atoms with Crippen LogP contribution in [0.25, 0.3) is 0 Å². The van der Waals surface area contributed by atoms with Crippen molar-refractivity contribution in [3.8, 4) is 0 Å². The van der Waals surface area contributed by atoms with Crippen molar-refractivity contribution in [2.24, 2.45) is 0 Å². The second kappa shape index (κ2) is 9.82. The fourth-order valence-electron chi connectivity index (χ4n) is 1.45. The summed E-state index contributed by atoms with van der Waals surface area (Å²) in [5, 5.41) is 3.37. The Hall–Kier alpha value is -0.720. The first-order valence-corrected chi connectivity index (χ1v) is 6.29. The first-order chi connectivity index (χ1) is 7.20.